The van der Waals surface area contributed by atoms with Gasteiger partial charge in [0.2, 0.25) is 0 Å². The summed E-state index contributed by atoms with van der Waals surface area (Å²) in [6.45, 7) is 3.32. The van der Waals surface area contributed by atoms with E-state index in [1.165, 1.54) is 11.8 Å². The predicted molar refractivity (Wildman–Crippen MR) is 82.2 cm³/mol. The zero-order valence-electron chi connectivity index (χ0n) is 11.0. The maximum Gasteiger partial charge on any atom is 0.319 e. The lowest BCUT2D eigenvalue weighted by Crippen LogP contribution is -2.26. The molecule has 0 aliphatic heterocycles. The van der Waals surface area contributed by atoms with Crippen molar-refractivity contribution in [2.24, 2.45) is 0 Å². The average Bonchev–Trinajstić information content (AvgIpc) is 2.40. The van der Waals surface area contributed by atoms with Crippen LogP contribution in [0.5, 0.6) is 0 Å². The molecule has 1 N–H and O–H groups in total. The van der Waals surface area contributed by atoms with Gasteiger partial charge in [-0.3, -0.25) is 4.79 Å². The summed E-state index contributed by atoms with van der Waals surface area (Å²) in [7, 11) is 0. The van der Waals surface area contributed by atoms with Gasteiger partial charge in [0, 0.05) is 22.9 Å². The van der Waals surface area contributed by atoms with Crippen molar-refractivity contribution in [1.29, 1.82) is 0 Å². The van der Waals surface area contributed by atoms with Crippen LogP contribution in [0.4, 0.5) is 0 Å². The second kappa shape index (κ2) is 5.78. The topological polar surface area (TPSA) is 50.2 Å². The van der Waals surface area contributed by atoms with Gasteiger partial charge in [-0.1, -0.05) is 23.9 Å². The van der Waals surface area contributed by atoms with Gasteiger partial charge in [-0.25, -0.2) is 4.98 Å². The van der Waals surface area contributed by atoms with Crippen LogP contribution in [-0.2, 0) is 4.79 Å². The highest BCUT2D eigenvalue weighted by Crippen LogP contribution is 2.37. The lowest BCUT2D eigenvalue weighted by molar-refractivity contribution is -0.138. The molecule has 1 heterocycles. The molecule has 3 nitrogen and oxygen atoms in total. The lowest BCUT2D eigenvalue weighted by atomic mass is 10.1. The van der Waals surface area contributed by atoms with Crippen molar-refractivity contribution in [3.05, 3.63) is 42.7 Å². The van der Waals surface area contributed by atoms with Crippen molar-refractivity contribution < 1.29 is 9.90 Å². The highest BCUT2D eigenvalue weighted by molar-refractivity contribution is 8.01. The summed E-state index contributed by atoms with van der Waals surface area (Å²) in [6.07, 6.45) is 4.31. The van der Waals surface area contributed by atoms with E-state index in [4.69, 9.17) is 0 Å². The van der Waals surface area contributed by atoms with Crippen LogP contribution in [0.1, 0.15) is 13.8 Å². The second-order valence-corrected chi connectivity index (χ2v) is 6.85. The second-order valence-electron chi connectivity index (χ2n) is 4.70. The minimum absolute atomic E-state index is 0.722. The normalized spacial score (nSPS) is 10.9. The van der Waals surface area contributed by atoms with Crippen LogP contribution in [0.2, 0.25) is 0 Å². The Morgan fingerprint density at radius 2 is 2.00 bits per heavy atom. The summed E-state index contributed by atoms with van der Waals surface area (Å²) in [5.41, 5.74) is 1.79. The number of carbonyl (C=O) groups is 1. The van der Waals surface area contributed by atoms with Crippen LogP contribution in [0, 0.1) is 12.3 Å². The van der Waals surface area contributed by atoms with Gasteiger partial charge in [0.1, 0.15) is 4.75 Å². The number of carboxylic acid groups (broad SMARTS) is 1. The molecule has 1 aromatic heterocycles. The molecule has 20 heavy (non-hydrogen) atoms. The fourth-order valence-electron chi connectivity index (χ4n) is 1.53. The van der Waals surface area contributed by atoms with Gasteiger partial charge in [-0.2, -0.15) is 0 Å². The summed E-state index contributed by atoms with van der Waals surface area (Å²) >= 11 is 5.49. The Hall–Kier alpha value is -1.64. The Morgan fingerprint density at radius 3 is 2.60 bits per heavy atom. The van der Waals surface area contributed by atoms with Gasteiger partial charge in [0.05, 0.1) is 4.90 Å². The number of thiol groups is 1. The third-order valence-corrected chi connectivity index (χ3v) is 4.23. The number of aliphatic carboxylic acids is 1. The van der Waals surface area contributed by atoms with Gasteiger partial charge in [-0.15, -0.1) is 12.6 Å². The molecule has 0 aliphatic carbocycles. The standard InChI is InChI=1S/C15H13NO2S2/c1-15(2,14(17)18)20-13-7-8-16-9-12(13)10-3-5-11(19)6-4-10/h3-6,9,19H,1-2H3,(H,17,18). The van der Waals surface area contributed by atoms with E-state index in [1.54, 1.807) is 20.0 Å². The third-order valence-electron chi connectivity index (χ3n) is 2.72. The molecule has 5 heteroatoms. The molecule has 0 saturated carbocycles. The Labute approximate surface area is 127 Å². The van der Waals surface area contributed by atoms with E-state index in [2.05, 4.69) is 29.9 Å². The monoisotopic (exact) mass is 303 g/mol. The molecule has 0 fully saturated rings. The number of hydrogen-bond donors (Lipinski definition) is 2. The number of aromatic nitrogens is 1. The highest BCUT2D eigenvalue weighted by atomic mass is 32.2. The number of benzene rings is 1. The summed E-state index contributed by atoms with van der Waals surface area (Å²) in [5, 5.41) is 9.23. The smallest absolute Gasteiger partial charge is 0.319 e. The van der Waals surface area contributed by atoms with E-state index in [9.17, 15) is 9.90 Å². The molecule has 2 aromatic rings. The van der Waals surface area contributed by atoms with E-state index in [0.29, 0.717) is 0 Å². The quantitative estimate of drug-likeness (QED) is 0.669. The molecule has 2 rings (SSSR count). The van der Waals surface area contributed by atoms with Crippen molar-refractivity contribution in [2.45, 2.75) is 28.4 Å². The number of thioether (sulfide) groups is 1. The zero-order valence-corrected chi connectivity index (χ0v) is 12.8. The molecule has 0 spiro atoms. The van der Waals surface area contributed by atoms with Crippen molar-refractivity contribution >= 4 is 30.4 Å². The first-order valence-electron chi connectivity index (χ1n) is 5.90. The average molecular weight is 303 g/mol. The number of nitrogens with zero attached hydrogens (tertiary/aromatic N) is 1. The molecule has 0 atom stereocenters. The molecule has 0 amide bonds. The van der Waals surface area contributed by atoms with Crippen molar-refractivity contribution in [2.75, 3.05) is 0 Å². The fourth-order valence-corrected chi connectivity index (χ4v) is 2.66. The van der Waals surface area contributed by atoms with Crippen molar-refractivity contribution in [3.63, 3.8) is 0 Å². The maximum atomic E-state index is 11.2. The van der Waals surface area contributed by atoms with Crippen molar-refractivity contribution in [1.82, 2.24) is 4.98 Å². The van der Waals surface area contributed by atoms with E-state index in [0.717, 1.165) is 20.9 Å². The minimum Gasteiger partial charge on any atom is -0.480 e. The molecule has 0 bridgehead atoms. The van der Waals surface area contributed by atoms with Crippen LogP contribution in [0.15, 0.2) is 40.3 Å². The lowest BCUT2D eigenvalue weighted by Gasteiger charge is -2.18. The molecule has 0 unspecified atom stereocenters. The summed E-state index contributed by atoms with van der Waals surface area (Å²) in [4.78, 5) is 16.8. The van der Waals surface area contributed by atoms with Gasteiger partial charge in [0.25, 0.3) is 0 Å². The van der Waals surface area contributed by atoms with Crippen LogP contribution >= 0.6 is 24.4 Å². The maximum absolute atomic E-state index is 11.2. The first-order chi connectivity index (χ1) is 9.40. The summed E-state index contributed by atoms with van der Waals surface area (Å²) in [5.74, 6) is -0.871. The Morgan fingerprint density at radius 1 is 1.35 bits per heavy atom. The molecule has 102 valence electrons. The van der Waals surface area contributed by atoms with E-state index >= 15 is 0 Å². The Balaban J connectivity index is 2.41. The molecule has 0 saturated heterocycles. The first kappa shape index (κ1) is 14.8. The Kier molecular flexibility index (Phi) is 4.26. The van der Waals surface area contributed by atoms with Crippen LogP contribution < -0.4 is 0 Å². The first-order valence-corrected chi connectivity index (χ1v) is 7.17. The van der Waals surface area contributed by atoms with Gasteiger partial charge >= 0.3 is 5.97 Å². The minimum atomic E-state index is -0.941. The van der Waals surface area contributed by atoms with Crippen LogP contribution in [0.25, 0.3) is 11.1 Å². The summed E-state index contributed by atoms with van der Waals surface area (Å²) < 4.78 is -0.941. The predicted octanol–water partition coefficient (Wildman–Crippen LogP) is 3.59. The largest absolute Gasteiger partial charge is 0.480 e. The zero-order chi connectivity index (χ0) is 14.8. The molecular weight excluding hydrogens is 290 g/mol. The van der Waals surface area contributed by atoms with E-state index in [1.807, 2.05) is 24.3 Å². The van der Waals surface area contributed by atoms with Crippen LogP contribution in [0.3, 0.4) is 0 Å². The third kappa shape index (κ3) is 3.27. The number of hydrogen-bond acceptors (Lipinski definition) is 4. The molecular formula is C15H13NO2S2. The number of carboxylic acids is 1. The van der Waals surface area contributed by atoms with Gasteiger partial charge in [-0.05, 0) is 37.6 Å². The highest BCUT2D eigenvalue weighted by Gasteiger charge is 2.29. The Bertz CT molecular complexity index is 624. The number of rotatable bonds is 4. The molecule has 1 aromatic carbocycles. The van der Waals surface area contributed by atoms with Gasteiger partial charge in [0.15, 0.2) is 0 Å². The molecule has 0 radical (unpaired) electrons. The SMILES string of the molecule is CC(C)(Sc1c#cncc1-c1ccc(S)cc1)C(=O)O. The van der Waals surface area contributed by atoms with Gasteiger partial charge < -0.3 is 5.11 Å². The fraction of sp³-hybridized carbons (Fsp3) is 0.200. The van der Waals surface area contributed by atoms with E-state index in [-0.39, 0.29) is 0 Å². The molecule has 0 aliphatic rings. The summed E-state index contributed by atoms with van der Waals surface area (Å²) in [6, 6.07) is 10.5. The van der Waals surface area contributed by atoms with Crippen LogP contribution in [-0.4, -0.2) is 20.8 Å². The van der Waals surface area contributed by atoms with E-state index < -0.39 is 10.7 Å². The van der Waals surface area contributed by atoms with Crippen molar-refractivity contribution in [3.8, 4) is 11.1 Å².